The normalized spacial score (nSPS) is 24.9. The quantitative estimate of drug-likeness (QED) is 0.883. The first-order chi connectivity index (χ1) is 7.65. The summed E-state index contributed by atoms with van der Waals surface area (Å²) >= 11 is 1.79. The summed E-state index contributed by atoms with van der Waals surface area (Å²) in [6.45, 7) is 0.521. The molecule has 2 N–H and O–H groups in total. The summed E-state index contributed by atoms with van der Waals surface area (Å²) in [5, 5.41) is 0. The molecule has 0 saturated carbocycles. The molecule has 1 atom stereocenters. The van der Waals surface area contributed by atoms with Crippen molar-refractivity contribution in [3.8, 4) is 0 Å². The molecule has 1 aromatic rings. The highest BCUT2D eigenvalue weighted by atomic mass is 32.2. The van der Waals surface area contributed by atoms with Gasteiger partial charge in [0.25, 0.3) is 0 Å². The Hall–Kier alpha value is -0.610. The fourth-order valence-electron chi connectivity index (χ4n) is 2.15. The molecule has 1 aliphatic rings. The molecular weight excluding hydrogens is 228 g/mol. The topological polar surface area (TPSA) is 26.0 Å². The maximum atomic E-state index is 13.5. The van der Waals surface area contributed by atoms with Gasteiger partial charge in [-0.1, -0.05) is 0 Å². The van der Waals surface area contributed by atoms with Gasteiger partial charge in [-0.2, -0.15) is 11.8 Å². The molecule has 0 radical (unpaired) electrons. The third-order valence-corrected chi connectivity index (χ3v) is 4.70. The van der Waals surface area contributed by atoms with Crippen LogP contribution in [0.3, 0.4) is 0 Å². The minimum Gasteiger partial charge on any atom is -0.329 e. The number of hydrogen-bond donors (Lipinski definition) is 1. The number of rotatable bonds is 3. The summed E-state index contributed by atoms with van der Waals surface area (Å²) in [7, 11) is 0. The average Bonchev–Trinajstić information content (AvgIpc) is 2.73. The van der Waals surface area contributed by atoms with Crippen LogP contribution < -0.4 is 5.73 Å². The van der Waals surface area contributed by atoms with E-state index in [1.165, 1.54) is 12.1 Å². The van der Waals surface area contributed by atoms with Crippen molar-refractivity contribution < 1.29 is 8.78 Å². The van der Waals surface area contributed by atoms with Gasteiger partial charge in [-0.15, -0.1) is 0 Å². The zero-order valence-corrected chi connectivity index (χ0v) is 9.83. The molecule has 16 heavy (non-hydrogen) atoms. The van der Waals surface area contributed by atoms with Crippen LogP contribution in [0.15, 0.2) is 18.2 Å². The first-order valence-corrected chi connectivity index (χ1v) is 6.42. The van der Waals surface area contributed by atoms with Crippen LogP contribution in [-0.2, 0) is 6.42 Å². The third kappa shape index (κ3) is 2.38. The Bertz CT molecular complexity index is 375. The first-order valence-electron chi connectivity index (χ1n) is 5.43. The van der Waals surface area contributed by atoms with E-state index in [1.54, 1.807) is 11.8 Å². The zero-order valence-electron chi connectivity index (χ0n) is 9.01. The van der Waals surface area contributed by atoms with Crippen LogP contribution in [0, 0.1) is 11.6 Å². The van der Waals surface area contributed by atoms with Crippen molar-refractivity contribution >= 4 is 11.8 Å². The van der Waals surface area contributed by atoms with Gasteiger partial charge in [-0.25, -0.2) is 8.78 Å². The van der Waals surface area contributed by atoms with E-state index in [4.69, 9.17) is 5.73 Å². The summed E-state index contributed by atoms with van der Waals surface area (Å²) in [5.41, 5.74) is 6.21. The van der Waals surface area contributed by atoms with Crippen LogP contribution in [0.1, 0.15) is 18.4 Å². The number of thioether (sulfide) groups is 1. The van der Waals surface area contributed by atoms with Gasteiger partial charge in [-0.3, -0.25) is 0 Å². The third-order valence-electron chi connectivity index (χ3n) is 3.08. The van der Waals surface area contributed by atoms with Crippen molar-refractivity contribution in [1.82, 2.24) is 0 Å². The van der Waals surface area contributed by atoms with E-state index in [9.17, 15) is 8.78 Å². The molecule has 1 aliphatic heterocycles. The second-order valence-electron chi connectivity index (χ2n) is 4.25. The summed E-state index contributed by atoms with van der Waals surface area (Å²) < 4.78 is 26.5. The Morgan fingerprint density at radius 2 is 2.19 bits per heavy atom. The molecule has 1 fully saturated rings. The van der Waals surface area contributed by atoms with Crippen molar-refractivity contribution in [3.05, 3.63) is 35.4 Å². The van der Waals surface area contributed by atoms with Gasteiger partial charge in [-0.05, 0) is 48.8 Å². The Labute approximate surface area is 98.4 Å². The van der Waals surface area contributed by atoms with Gasteiger partial charge in [0.2, 0.25) is 0 Å². The SMILES string of the molecule is NCC1(Cc2cc(F)ccc2F)CCCS1. The standard InChI is InChI=1S/C12H15F2NS/c13-10-2-3-11(14)9(6-10)7-12(8-15)4-1-5-16-12/h2-3,6H,1,4-5,7-8,15H2. The minimum atomic E-state index is -0.383. The lowest BCUT2D eigenvalue weighted by molar-refractivity contribution is 0.530. The smallest absolute Gasteiger partial charge is 0.126 e. The molecule has 0 amide bonds. The average molecular weight is 243 g/mol. The lowest BCUT2D eigenvalue weighted by atomic mass is 9.94. The van der Waals surface area contributed by atoms with E-state index in [1.807, 2.05) is 0 Å². The van der Waals surface area contributed by atoms with E-state index >= 15 is 0 Å². The molecule has 0 aromatic heterocycles. The maximum Gasteiger partial charge on any atom is 0.126 e. The molecule has 1 aromatic carbocycles. The van der Waals surface area contributed by atoms with Gasteiger partial charge in [0, 0.05) is 11.3 Å². The molecule has 4 heteroatoms. The van der Waals surface area contributed by atoms with E-state index < -0.39 is 0 Å². The predicted molar refractivity (Wildman–Crippen MR) is 63.5 cm³/mol. The van der Waals surface area contributed by atoms with Crippen LogP contribution in [0.25, 0.3) is 0 Å². The summed E-state index contributed by atoms with van der Waals surface area (Å²) in [4.78, 5) is 0. The van der Waals surface area contributed by atoms with Gasteiger partial charge in [0.05, 0.1) is 0 Å². The summed E-state index contributed by atoms with van der Waals surface area (Å²) in [5.74, 6) is 0.349. The molecule has 0 aliphatic carbocycles. The van der Waals surface area contributed by atoms with Gasteiger partial charge in [0.15, 0.2) is 0 Å². The van der Waals surface area contributed by atoms with Crippen LogP contribution in [-0.4, -0.2) is 17.0 Å². The number of hydrogen-bond acceptors (Lipinski definition) is 2. The largest absolute Gasteiger partial charge is 0.329 e. The summed E-state index contributed by atoms with van der Waals surface area (Å²) in [6.07, 6.45) is 2.63. The first kappa shape index (κ1) is 11.9. The van der Waals surface area contributed by atoms with Crippen molar-refractivity contribution in [2.45, 2.75) is 24.0 Å². The second kappa shape index (κ2) is 4.72. The van der Waals surface area contributed by atoms with Gasteiger partial charge in [0.1, 0.15) is 11.6 Å². The van der Waals surface area contributed by atoms with E-state index in [-0.39, 0.29) is 16.4 Å². The molecule has 1 nitrogen and oxygen atoms in total. The van der Waals surface area contributed by atoms with Gasteiger partial charge >= 0.3 is 0 Å². The highest BCUT2D eigenvalue weighted by Crippen LogP contribution is 2.40. The predicted octanol–water partition coefficient (Wildman–Crippen LogP) is 2.73. The Morgan fingerprint density at radius 1 is 1.38 bits per heavy atom. The fourth-order valence-corrected chi connectivity index (χ4v) is 3.54. The Balaban J connectivity index is 2.21. The van der Waals surface area contributed by atoms with Crippen molar-refractivity contribution in [1.29, 1.82) is 0 Å². The van der Waals surface area contributed by atoms with Crippen molar-refractivity contribution in [2.24, 2.45) is 5.73 Å². The molecule has 1 saturated heterocycles. The maximum absolute atomic E-state index is 13.5. The van der Waals surface area contributed by atoms with Crippen LogP contribution in [0.4, 0.5) is 8.78 Å². The summed E-state index contributed by atoms with van der Waals surface area (Å²) in [6, 6.07) is 3.62. The van der Waals surface area contributed by atoms with Crippen LogP contribution in [0.2, 0.25) is 0 Å². The molecule has 1 heterocycles. The molecular formula is C12H15F2NS. The molecule has 0 spiro atoms. The van der Waals surface area contributed by atoms with Crippen molar-refractivity contribution in [3.63, 3.8) is 0 Å². The number of nitrogens with two attached hydrogens (primary N) is 1. The molecule has 88 valence electrons. The zero-order chi connectivity index (χ0) is 11.6. The molecule has 1 unspecified atom stereocenters. The highest BCUT2D eigenvalue weighted by Gasteiger charge is 2.34. The second-order valence-corrected chi connectivity index (χ2v) is 5.81. The van der Waals surface area contributed by atoms with Gasteiger partial charge < -0.3 is 5.73 Å². The molecule has 0 bridgehead atoms. The number of benzene rings is 1. The monoisotopic (exact) mass is 243 g/mol. The highest BCUT2D eigenvalue weighted by molar-refractivity contribution is 8.00. The fraction of sp³-hybridized carbons (Fsp3) is 0.500. The van der Waals surface area contributed by atoms with Crippen LogP contribution >= 0.6 is 11.8 Å². The lowest BCUT2D eigenvalue weighted by Crippen LogP contribution is -2.34. The van der Waals surface area contributed by atoms with Crippen LogP contribution in [0.5, 0.6) is 0 Å². The lowest BCUT2D eigenvalue weighted by Gasteiger charge is -2.26. The Morgan fingerprint density at radius 3 is 2.81 bits per heavy atom. The molecule has 2 rings (SSSR count). The van der Waals surface area contributed by atoms with E-state index in [0.29, 0.717) is 18.5 Å². The van der Waals surface area contributed by atoms with E-state index in [2.05, 4.69) is 0 Å². The minimum absolute atomic E-state index is 0.0887. The Kier molecular flexibility index (Phi) is 3.50. The number of halogens is 2. The van der Waals surface area contributed by atoms with E-state index in [0.717, 1.165) is 24.7 Å². The van der Waals surface area contributed by atoms with Crippen molar-refractivity contribution in [2.75, 3.05) is 12.3 Å².